The number of carbonyl (C=O) groups is 2. The van der Waals surface area contributed by atoms with Crippen LogP contribution in [0, 0.1) is 13.8 Å². The van der Waals surface area contributed by atoms with Gasteiger partial charge in [-0.15, -0.1) is 0 Å². The lowest BCUT2D eigenvalue weighted by atomic mass is 10.2. The van der Waals surface area contributed by atoms with Gasteiger partial charge in [0.05, 0.1) is 13.2 Å². The molecule has 0 bridgehead atoms. The van der Waals surface area contributed by atoms with Crippen molar-refractivity contribution in [3.63, 3.8) is 0 Å². The highest BCUT2D eigenvalue weighted by Gasteiger charge is 2.31. The number of carbonyl (C=O) groups excluding carboxylic acids is 2. The Labute approximate surface area is 171 Å². The number of amides is 1. The van der Waals surface area contributed by atoms with E-state index in [4.69, 9.17) is 4.74 Å². The fourth-order valence-corrected chi connectivity index (χ4v) is 4.48. The van der Waals surface area contributed by atoms with Gasteiger partial charge in [0, 0.05) is 32.0 Å². The lowest BCUT2D eigenvalue weighted by Gasteiger charge is -2.18. The largest absolute Gasteiger partial charge is 0.462 e. The monoisotopic (exact) mass is 421 g/mol. The van der Waals surface area contributed by atoms with E-state index >= 15 is 0 Å². The third-order valence-electron chi connectivity index (χ3n) is 4.77. The second-order valence-corrected chi connectivity index (χ2v) is 8.42. The van der Waals surface area contributed by atoms with E-state index in [1.165, 1.54) is 4.90 Å². The Bertz CT molecular complexity index is 997. The maximum absolute atomic E-state index is 12.9. The van der Waals surface area contributed by atoms with Crippen LogP contribution in [0.1, 0.15) is 34.2 Å². The summed E-state index contributed by atoms with van der Waals surface area (Å²) in [6.45, 7) is 4.98. The normalized spacial score (nSPS) is 11.3. The van der Waals surface area contributed by atoms with Crippen molar-refractivity contribution >= 4 is 21.9 Å². The molecule has 29 heavy (non-hydrogen) atoms. The Kier molecular flexibility index (Phi) is 7.21. The van der Waals surface area contributed by atoms with Gasteiger partial charge < -0.3 is 14.2 Å². The first-order chi connectivity index (χ1) is 13.6. The molecule has 0 radical (unpaired) electrons. The fraction of sp³-hybridized carbons (Fsp3) is 0.400. The van der Waals surface area contributed by atoms with Crippen LogP contribution >= 0.6 is 0 Å². The van der Waals surface area contributed by atoms with E-state index in [0.717, 1.165) is 5.56 Å². The van der Waals surface area contributed by atoms with Gasteiger partial charge >= 0.3 is 5.97 Å². The van der Waals surface area contributed by atoms with Crippen molar-refractivity contribution in [3.8, 4) is 0 Å². The van der Waals surface area contributed by atoms with Gasteiger partial charge in [-0.3, -0.25) is 4.79 Å². The van der Waals surface area contributed by atoms with Gasteiger partial charge in [-0.2, -0.15) is 0 Å². The zero-order chi connectivity index (χ0) is 21.8. The molecule has 0 spiro atoms. The van der Waals surface area contributed by atoms with Gasteiger partial charge in [0.2, 0.25) is 15.9 Å². The van der Waals surface area contributed by atoms with E-state index < -0.39 is 22.5 Å². The molecule has 1 aromatic heterocycles. The summed E-state index contributed by atoms with van der Waals surface area (Å²) in [4.78, 5) is 26.0. The first kappa shape index (κ1) is 22.6. The van der Waals surface area contributed by atoms with Crippen LogP contribution in [0.5, 0.6) is 0 Å². The second-order valence-electron chi connectivity index (χ2n) is 6.71. The van der Waals surface area contributed by atoms with Crippen LogP contribution in [0.15, 0.2) is 35.2 Å². The van der Waals surface area contributed by atoms with E-state index in [1.807, 2.05) is 30.3 Å². The molecule has 1 N–H and O–H groups in total. The summed E-state index contributed by atoms with van der Waals surface area (Å²) in [5.74, 6) is -1.10. The molecule has 0 saturated carbocycles. The summed E-state index contributed by atoms with van der Waals surface area (Å²) in [7, 11) is -0.833. The molecule has 1 aromatic carbocycles. The molecule has 1 heterocycles. The standard InChI is InChI=1S/C20H27N3O5S/c1-6-28-20(25)18-14(2)23(5)15(3)19(18)29(26,27)21-12-17(24)22(4)13-16-10-8-7-9-11-16/h7-11,21H,6,12-13H2,1-5H3. The highest BCUT2D eigenvalue weighted by molar-refractivity contribution is 7.89. The van der Waals surface area contributed by atoms with Crippen LogP contribution in [0.2, 0.25) is 0 Å². The second kappa shape index (κ2) is 9.23. The maximum Gasteiger partial charge on any atom is 0.341 e. The fourth-order valence-electron chi connectivity index (χ4n) is 3.00. The first-order valence-corrected chi connectivity index (χ1v) is 10.7. The molecule has 0 saturated heterocycles. The molecular weight excluding hydrogens is 394 g/mol. The number of benzene rings is 1. The highest BCUT2D eigenvalue weighted by atomic mass is 32.2. The van der Waals surface area contributed by atoms with E-state index in [-0.39, 0.29) is 23.0 Å². The number of aromatic nitrogens is 1. The summed E-state index contributed by atoms with van der Waals surface area (Å²) in [5, 5.41) is 0. The predicted octanol–water partition coefficient (Wildman–Crippen LogP) is 1.76. The van der Waals surface area contributed by atoms with Gasteiger partial charge in [-0.1, -0.05) is 30.3 Å². The Balaban J connectivity index is 2.20. The molecular formula is C20H27N3O5S. The van der Waals surface area contributed by atoms with Crippen LogP contribution in [0.4, 0.5) is 0 Å². The van der Waals surface area contributed by atoms with Gasteiger partial charge in [0.15, 0.2) is 0 Å². The minimum absolute atomic E-state index is 0.00978. The van der Waals surface area contributed by atoms with Crippen molar-refractivity contribution in [2.45, 2.75) is 32.2 Å². The van der Waals surface area contributed by atoms with Crippen molar-refractivity contribution < 1.29 is 22.7 Å². The summed E-state index contributed by atoms with van der Waals surface area (Å²) < 4.78 is 34.8. The van der Waals surface area contributed by atoms with Crippen LogP contribution in [0.3, 0.4) is 0 Å². The average molecular weight is 422 g/mol. The number of nitrogens with one attached hydrogen (secondary N) is 1. The molecule has 9 heteroatoms. The number of rotatable bonds is 8. The minimum Gasteiger partial charge on any atom is -0.462 e. The number of ether oxygens (including phenoxy) is 1. The lowest BCUT2D eigenvalue weighted by molar-refractivity contribution is -0.129. The molecule has 2 aromatic rings. The number of likely N-dealkylation sites (N-methyl/N-ethyl adjacent to an activating group) is 1. The van der Waals surface area contributed by atoms with Gasteiger partial charge in [-0.05, 0) is 26.3 Å². The van der Waals surface area contributed by atoms with E-state index in [2.05, 4.69) is 4.72 Å². The highest BCUT2D eigenvalue weighted by Crippen LogP contribution is 2.26. The summed E-state index contributed by atoms with van der Waals surface area (Å²) in [6.07, 6.45) is 0. The quantitative estimate of drug-likeness (QED) is 0.655. The van der Waals surface area contributed by atoms with Crippen molar-refractivity contribution in [2.75, 3.05) is 20.2 Å². The van der Waals surface area contributed by atoms with E-state index in [1.54, 1.807) is 39.4 Å². The SMILES string of the molecule is CCOC(=O)c1c(S(=O)(=O)NCC(=O)N(C)Cc2ccccc2)c(C)n(C)c1C. The smallest absolute Gasteiger partial charge is 0.341 e. The number of sulfonamides is 1. The van der Waals surface area contributed by atoms with Crippen molar-refractivity contribution in [1.29, 1.82) is 0 Å². The van der Waals surface area contributed by atoms with Gasteiger partial charge in [0.25, 0.3) is 0 Å². The van der Waals surface area contributed by atoms with Gasteiger partial charge in [0.1, 0.15) is 10.5 Å². The molecule has 8 nitrogen and oxygen atoms in total. The van der Waals surface area contributed by atoms with E-state index in [0.29, 0.717) is 17.9 Å². The summed E-state index contributed by atoms with van der Waals surface area (Å²) >= 11 is 0. The molecule has 0 fully saturated rings. The zero-order valence-electron chi connectivity index (χ0n) is 17.4. The Morgan fingerprint density at radius 3 is 2.34 bits per heavy atom. The first-order valence-electron chi connectivity index (χ1n) is 9.20. The van der Waals surface area contributed by atoms with Crippen LogP contribution in [0.25, 0.3) is 0 Å². The van der Waals surface area contributed by atoms with Crippen LogP contribution in [-0.4, -0.2) is 50.0 Å². The van der Waals surface area contributed by atoms with Crippen molar-refractivity contribution in [1.82, 2.24) is 14.2 Å². The molecule has 0 aliphatic rings. The number of hydrogen-bond acceptors (Lipinski definition) is 5. The van der Waals surface area contributed by atoms with Crippen molar-refractivity contribution in [2.24, 2.45) is 7.05 Å². The summed E-state index contributed by atoms with van der Waals surface area (Å²) in [6, 6.07) is 9.39. The van der Waals surface area contributed by atoms with Crippen LogP contribution < -0.4 is 4.72 Å². The maximum atomic E-state index is 12.9. The third-order valence-corrected chi connectivity index (χ3v) is 6.34. The van der Waals surface area contributed by atoms with Gasteiger partial charge in [-0.25, -0.2) is 17.9 Å². The van der Waals surface area contributed by atoms with E-state index in [9.17, 15) is 18.0 Å². The molecule has 158 valence electrons. The molecule has 0 aliphatic carbocycles. The predicted molar refractivity (Wildman–Crippen MR) is 109 cm³/mol. The third kappa shape index (κ3) is 5.04. The average Bonchev–Trinajstić information content (AvgIpc) is 2.91. The molecule has 2 rings (SSSR count). The summed E-state index contributed by atoms with van der Waals surface area (Å²) in [5.41, 5.74) is 1.80. The lowest BCUT2D eigenvalue weighted by Crippen LogP contribution is -2.38. The topological polar surface area (TPSA) is 97.7 Å². The Morgan fingerprint density at radius 2 is 1.76 bits per heavy atom. The Hall–Kier alpha value is -2.65. The number of esters is 1. The molecule has 0 aliphatic heterocycles. The molecule has 0 unspecified atom stereocenters. The van der Waals surface area contributed by atoms with Crippen LogP contribution in [-0.2, 0) is 33.1 Å². The number of hydrogen-bond donors (Lipinski definition) is 1. The zero-order valence-corrected chi connectivity index (χ0v) is 18.2. The molecule has 0 atom stereocenters. The number of nitrogens with zero attached hydrogens (tertiary/aromatic N) is 2. The minimum atomic E-state index is -4.11. The van der Waals surface area contributed by atoms with Crippen molar-refractivity contribution in [3.05, 3.63) is 52.8 Å². The molecule has 1 amide bonds. The Morgan fingerprint density at radius 1 is 1.14 bits per heavy atom.